The molecule has 504 valence electrons. The number of ether oxygens (including phenoxy) is 3. The van der Waals surface area contributed by atoms with Crippen LogP contribution >= 0.6 is 0 Å². The van der Waals surface area contributed by atoms with E-state index in [2.05, 4.69) is 41.5 Å². The summed E-state index contributed by atoms with van der Waals surface area (Å²) >= 11 is 0. The van der Waals surface area contributed by atoms with Crippen LogP contribution in [-0.2, 0) is 97.0 Å². The number of aldehydes is 1. The summed E-state index contributed by atoms with van der Waals surface area (Å²) in [4.78, 5) is 50.7. The van der Waals surface area contributed by atoms with E-state index in [1.807, 2.05) is 194 Å². The minimum absolute atomic E-state index is 0.0783. The van der Waals surface area contributed by atoms with Crippen molar-refractivity contribution >= 4 is 24.2 Å². The third-order valence-corrected chi connectivity index (χ3v) is 15.1. The zero-order valence-electron chi connectivity index (χ0n) is 61.1. The van der Waals surface area contributed by atoms with Gasteiger partial charge in [0.05, 0.1) is 5.41 Å². The molecule has 4 aromatic carbocycles. The van der Waals surface area contributed by atoms with Gasteiger partial charge in [-0.05, 0) is 143 Å². The van der Waals surface area contributed by atoms with Crippen LogP contribution in [0.15, 0.2) is 48.5 Å². The first-order valence-corrected chi connectivity index (χ1v) is 32.4. The molecule has 0 heterocycles. The van der Waals surface area contributed by atoms with Crippen LogP contribution in [0.5, 0.6) is 23.0 Å². The average molecular weight is 1240 g/mol. The number of hydrogen-bond acceptors (Lipinski definition) is 12. The Bertz CT molecular complexity index is 2680. The number of aromatic hydroxyl groups is 4. The lowest BCUT2D eigenvalue weighted by atomic mass is 9.78. The number of carbonyl (C=O) groups is 4. The van der Waals surface area contributed by atoms with Crippen LogP contribution in [-0.4, -0.2) is 76.7 Å². The number of hydrogen-bond donors (Lipinski definition) is 5. The van der Waals surface area contributed by atoms with E-state index in [1.165, 1.54) is 0 Å². The number of aliphatic hydroxyl groups is 1. The molecule has 0 aliphatic carbocycles. The molecule has 0 saturated heterocycles. The number of carbonyl (C=O) groups excluding carboxylic acids is 4. The highest BCUT2D eigenvalue weighted by Gasteiger charge is 2.33. The number of aliphatic hydroxyl groups excluding tert-OH is 1. The van der Waals surface area contributed by atoms with Crippen LogP contribution < -0.4 is 0 Å². The maximum absolute atomic E-state index is 13.4. The first-order valence-electron chi connectivity index (χ1n) is 32.4. The van der Waals surface area contributed by atoms with E-state index in [1.54, 1.807) is 6.92 Å². The molecule has 0 aliphatic rings. The molecule has 0 fully saturated rings. The molecule has 12 nitrogen and oxygen atoms in total. The predicted molar refractivity (Wildman–Crippen MR) is 369 cm³/mol. The van der Waals surface area contributed by atoms with E-state index in [0.29, 0.717) is 31.4 Å². The Balaban J connectivity index is 0.00000259. The molecule has 4 rings (SSSR count). The van der Waals surface area contributed by atoms with Gasteiger partial charge in [0.2, 0.25) is 0 Å². The van der Waals surface area contributed by atoms with Crippen molar-refractivity contribution in [2.75, 3.05) is 26.9 Å². The van der Waals surface area contributed by atoms with Gasteiger partial charge in [-0.3, -0.25) is 14.4 Å². The highest BCUT2D eigenvalue weighted by Crippen LogP contribution is 2.44. The Labute approximate surface area is 540 Å². The third-order valence-electron chi connectivity index (χ3n) is 15.1. The fourth-order valence-electron chi connectivity index (χ4n) is 9.89. The molecular formula is C77H124O12. The molecule has 0 atom stereocenters. The molecule has 0 radical (unpaired) electrons. The van der Waals surface area contributed by atoms with Crippen LogP contribution in [0.1, 0.15) is 292 Å². The molecule has 0 saturated carbocycles. The number of phenols is 4. The lowest BCUT2D eigenvalue weighted by Gasteiger charge is -2.29. The van der Waals surface area contributed by atoms with Crippen molar-refractivity contribution in [2.45, 2.75) is 289 Å². The third kappa shape index (κ3) is 26.5. The van der Waals surface area contributed by atoms with Crippen LogP contribution in [0.3, 0.4) is 0 Å². The van der Waals surface area contributed by atoms with Crippen LogP contribution in [0, 0.1) is 5.41 Å². The maximum atomic E-state index is 13.4. The number of rotatable bonds is 19. The van der Waals surface area contributed by atoms with Crippen LogP contribution in [0.2, 0.25) is 0 Å². The predicted octanol–water partition coefficient (Wildman–Crippen LogP) is 18.0. The van der Waals surface area contributed by atoms with E-state index >= 15 is 0 Å². The van der Waals surface area contributed by atoms with Gasteiger partial charge in [-0.2, -0.15) is 0 Å². The van der Waals surface area contributed by atoms with Crippen LogP contribution in [0.4, 0.5) is 0 Å². The van der Waals surface area contributed by atoms with Gasteiger partial charge in [-0.15, -0.1) is 0 Å². The van der Waals surface area contributed by atoms with E-state index in [4.69, 9.17) is 19.3 Å². The van der Waals surface area contributed by atoms with Crippen molar-refractivity contribution in [3.8, 4) is 23.0 Å². The highest BCUT2D eigenvalue weighted by molar-refractivity contribution is 5.71. The Morgan fingerprint density at radius 1 is 0.371 bits per heavy atom. The van der Waals surface area contributed by atoms with E-state index in [-0.39, 0.29) is 100 Å². The Morgan fingerprint density at radius 2 is 0.573 bits per heavy atom. The maximum Gasteiger partial charge on any atom is 0.306 e. The van der Waals surface area contributed by atoms with Crippen molar-refractivity contribution < 1.29 is 58.9 Å². The fourth-order valence-corrected chi connectivity index (χ4v) is 9.89. The van der Waals surface area contributed by atoms with Gasteiger partial charge in [-0.1, -0.05) is 235 Å². The van der Waals surface area contributed by atoms with Gasteiger partial charge in [0.15, 0.2) is 0 Å². The van der Waals surface area contributed by atoms with E-state index in [0.717, 1.165) is 86.6 Å². The molecular weight excluding hydrogens is 1120 g/mol. The summed E-state index contributed by atoms with van der Waals surface area (Å²) in [7, 11) is 1.00. The Hall–Kier alpha value is -5.88. The van der Waals surface area contributed by atoms with Crippen molar-refractivity contribution in [3.05, 3.63) is 115 Å². The lowest BCUT2D eigenvalue weighted by molar-refractivity contribution is -0.160. The molecule has 4 aromatic rings. The monoisotopic (exact) mass is 1240 g/mol. The second kappa shape index (κ2) is 34.5. The molecule has 12 heteroatoms. The van der Waals surface area contributed by atoms with Crippen molar-refractivity contribution in [1.29, 1.82) is 0 Å². The molecule has 5 N–H and O–H groups in total. The van der Waals surface area contributed by atoms with Crippen molar-refractivity contribution in [3.63, 3.8) is 0 Å². The zero-order chi connectivity index (χ0) is 69.8. The van der Waals surface area contributed by atoms with Crippen molar-refractivity contribution in [2.24, 2.45) is 5.41 Å². The number of aryl methyl sites for hydroxylation is 4. The summed E-state index contributed by atoms with van der Waals surface area (Å²) in [5, 5.41) is 50.9. The minimum Gasteiger partial charge on any atom is -0.507 e. The number of phenolic OH excluding ortho intramolecular Hbond substituents is 4. The second-order valence-corrected chi connectivity index (χ2v) is 31.1. The summed E-state index contributed by atoms with van der Waals surface area (Å²) in [6.45, 7) is 56.6. The summed E-state index contributed by atoms with van der Waals surface area (Å²) in [5.41, 5.74) is 7.86. The largest absolute Gasteiger partial charge is 0.507 e. The zero-order valence-corrected chi connectivity index (χ0v) is 61.1. The Morgan fingerprint density at radius 3 is 0.775 bits per heavy atom. The minimum atomic E-state index is -1.06. The first-order chi connectivity index (χ1) is 40.6. The number of benzene rings is 4. The summed E-state index contributed by atoms with van der Waals surface area (Å²) in [6, 6.07) is 15.8. The molecule has 0 aromatic heterocycles. The summed E-state index contributed by atoms with van der Waals surface area (Å²) in [5.74, 6) is -0.0347. The molecule has 89 heavy (non-hydrogen) atoms. The summed E-state index contributed by atoms with van der Waals surface area (Å²) in [6.07, 6.45) is 3.63. The standard InChI is InChI=1S/C55H82O9.C17H26O2.2C2H6.CH4O/c1-34(2)38-25-35(26-39(47(38)59)50(3,4)5)19-22-44(56)62-31-55(18,32-63-45(57)23-20-36-27-40(51(6,7)8)48(60)41(28-36)52(9,10)11)33-64-46(58)24-21-37-29-42(53(12,13)14)49(61)43(30-37)54(15,16)17;1-16(2,3)13-10-12(8-7-9-18)11-14(15(13)19)17(4,5)6;3*1-2/h25-30,34,59-61H,19-24,31-33H2,1-18H3;9-11,19H,7-8H2,1-6H3;2*1-2H3;2H,1H3. The Kier molecular flexibility index (Phi) is 32.2. The molecule has 0 unspecified atom stereocenters. The topological polar surface area (TPSA) is 197 Å². The van der Waals surface area contributed by atoms with Crippen LogP contribution in [0.25, 0.3) is 0 Å². The average Bonchev–Trinajstić information content (AvgIpc) is 1.51. The molecule has 0 spiro atoms. The molecule has 0 aliphatic heterocycles. The quantitative estimate of drug-likeness (QED) is 0.0339. The second-order valence-electron chi connectivity index (χ2n) is 31.1. The van der Waals surface area contributed by atoms with E-state index < -0.39 is 23.3 Å². The fraction of sp³-hybridized carbons (Fsp3) is 0.636. The highest BCUT2D eigenvalue weighted by atomic mass is 16.6. The normalized spacial score (nSPS) is 12.2. The van der Waals surface area contributed by atoms with Gasteiger partial charge < -0.3 is 44.5 Å². The van der Waals surface area contributed by atoms with Gasteiger partial charge in [0, 0.05) is 32.8 Å². The summed E-state index contributed by atoms with van der Waals surface area (Å²) < 4.78 is 17.5. The van der Waals surface area contributed by atoms with Gasteiger partial charge in [0.25, 0.3) is 0 Å². The SMILES string of the molecule is CC.CC.CC(C)(C)c1cc(CCC=O)cc(C(C)(C)C)c1O.CC(C)c1cc(CCC(=O)OCC(C)(COC(=O)CCc2cc(C(C)(C)C)c(O)c(C(C)(C)C)c2)COC(=O)CCc2cc(C(C)(C)C)c(O)c(C(C)(C)C)c2)cc(C(C)(C)C)c1O.CO. The molecule has 0 amide bonds. The molecule has 0 bridgehead atoms. The smallest absolute Gasteiger partial charge is 0.306 e. The van der Waals surface area contributed by atoms with Gasteiger partial charge in [-0.25, -0.2) is 0 Å². The van der Waals surface area contributed by atoms with Gasteiger partial charge >= 0.3 is 17.9 Å². The lowest BCUT2D eigenvalue weighted by Crippen LogP contribution is -2.37. The van der Waals surface area contributed by atoms with E-state index in [9.17, 15) is 39.6 Å². The van der Waals surface area contributed by atoms with Gasteiger partial charge in [0.1, 0.15) is 49.1 Å². The number of esters is 3. The van der Waals surface area contributed by atoms with Crippen molar-refractivity contribution in [1.82, 2.24) is 0 Å². The first kappa shape index (κ1) is 83.1.